The molecule has 0 radical (unpaired) electrons. The Morgan fingerprint density at radius 2 is 1.95 bits per heavy atom. The topological polar surface area (TPSA) is 40.6 Å². The van der Waals surface area contributed by atoms with Crippen molar-refractivity contribution in [1.82, 2.24) is 4.90 Å². The fourth-order valence-electron chi connectivity index (χ4n) is 1.86. The normalized spacial score (nSPS) is 18.6. The molecular formula is C13H10FIN2O2. The van der Waals surface area contributed by atoms with Crippen molar-refractivity contribution in [2.24, 2.45) is 0 Å². The maximum Gasteiger partial charge on any atom is 0.332 e. The number of benzene rings is 1. The van der Waals surface area contributed by atoms with Gasteiger partial charge in [-0.2, -0.15) is 0 Å². The van der Waals surface area contributed by atoms with Crippen LogP contribution >= 0.6 is 22.6 Å². The number of hydrogen-bond acceptors (Lipinski definition) is 2. The van der Waals surface area contributed by atoms with Crippen LogP contribution in [0.3, 0.4) is 0 Å². The van der Waals surface area contributed by atoms with Gasteiger partial charge in [0.25, 0.3) is 5.91 Å². The Morgan fingerprint density at radius 1 is 1.32 bits per heavy atom. The lowest BCUT2D eigenvalue weighted by atomic mass is 10.2. The lowest BCUT2D eigenvalue weighted by Crippen LogP contribution is -2.34. The molecule has 3 amide bonds. The summed E-state index contributed by atoms with van der Waals surface area (Å²) in [4.78, 5) is 26.7. The minimum absolute atomic E-state index is 0.201. The molecule has 0 saturated carbocycles. The molecule has 0 bridgehead atoms. The van der Waals surface area contributed by atoms with Crippen LogP contribution < -0.4 is 4.90 Å². The zero-order valence-electron chi connectivity index (χ0n) is 10.1. The van der Waals surface area contributed by atoms with Gasteiger partial charge in [-0.25, -0.2) is 14.1 Å². The second-order valence-corrected chi connectivity index (χ2v) is 4.55. The zero-order chi connectivity index (χ0) is 14.0. The van der Waals surface area contributed by atoms with Gasteiger partial charge in [-0.1, -0.05) is 5.92 Å². The second-order valence-electron chi connectivity index (χ2n) is 4.01. The molecule has 0 spiro atoms. The predicted molar refractivity (Wildman–Crippen MR) is 77.2 cm³/mol. The Labute approximate surface area is 123 Å². The molecule has 1 heterocycles. The third kappa shape index (κ3) is 2.56. The summed E-state index contributed by atoms with van der Waals surface area (Å²) in [7, 11) is 0. The van der Waals surface area contributed by atoms with Gasteiger partial charge in [0.15, 0.2) is 0 Å². The summed E-state index contributed by atoms with van der Waals surface area (Å²) in [5.74, 6) is 2.02. The van der Waals surface area contributed by atoms with E-state index in [0.717, 1.165) is 4.90 Å². The molecule has 1 atom stereocenters. The minimum atomic E-state index is -0.560. The molecule has 0 N–H and O–H groups in total. The summed E-state index contributed by atoms with van der Waals surface area (Å²) in [5, 5.41) is 0. The smallest absolute Gasteiger partial charge is 0.301 e. The highest BCUT2D eigenvalue weighted by molar-refractivity contribution is 14.1. The van der Waals surface area contributed by atoms with E-state index in [1.807, 2.05) is 22.6 Å². The largest absolute Gasteiger partial charge is 0.332 e. The number of carbonyl (C=O) groups excluding carboxylic acids is 2. The van der Waals surface area contributed by atoms with Gasteiger partial charge in [0, 0.05) is 22.6 Å². The lowest BCUT2D eigenvalue weighted by molar-refractivity contribution is -0.119. The number of imide groups is 1. The first kappa shape index (κ1) is 13.8. The molecule has 1 saturated heterocycles. The van der Waals surface area contributed by atoms with Crippen molar-refractivity contribution in [1.29, 1.82) is 0 Å². The lowest BCUT2D eigenvalue weighted by Gasteiger charge is -2.16. The number of urea groups is 1. The van der Waals surface area contributed by atoms with Gasteiger partial charge in [0.05, 0.1) is 12.2 Å². The summed E-state index contributed by atoms with van der Waals surface area (Å²) in [5.41, 5.74) is 0.369. The maximum atomic E-state index is 12.9. The van der Waals surface area contributed by atoms with E-state index in [0.29, 0.717) is 5.69 Å². The zero-order valence-corrected chi connectivity index (χ0v) is 12.2. The third-order valence-electron chi connectivity index (χ3n) is 2.88. The van der Waals surface area contributed by atoms with Gasteiger partial charge >= 0.3 is 6.03 Å². The number of amides is 3. The second kappa shape index (κ2) is 5.57. The van der Waals surface area contributed by atoms with Gasteiger partial charge in [-0.3, -0.25) is 4.79 Å². The van der Waals surface area contributed by atoms with Crippen molar-refractivity contribution in [3.05, 3.63) is 30.1 Å². The van der Waals surface area contributed by atoms with Crippen LogP contribution in [0.15, 0.2) is 24.3 Å². The van der Waals surface area contributed by atoms with E-state index in [1.165, 1.54) is 29.2 Å². The van der Waals surface area contributed by atoms with Crippen molar-refractivity contribution >= 4 is 40.2 Å². The van der Waals surface area contributed by atoms with E-state index >= 15 is 0 Å². The third-order valence-corrected chi connectivity index (χ3v) is 3.26. The molecule has 2 rings (SSSR count). The van der Waals surface area contributed by atoms with Gasteiger partial charge in [0.2, 0.25) is 0 Å². The first-order valence-electron chi connectivity index (χ1n) is 5.55. The van der Waals surface area contributed by atoms with Crippen molar-refractivity contribution in [3.8, 4) is 9.85 Å². The monoisotopic (exact) mass is 372 g/mol. The fraction of sp³-hybridized carbons (Fsp3) is 0.231. The van der Waals surface area contributed by atoms with E-state index in [2.05, 4.69) is 9.85 Å². The number of halogens is 2. The van der Waals surface area contributed by atoms with Crippen molar-refractivity contribution in [2.75, 3.05) is 11.4 Å². The van der Waals surface area contributed by atoms with Crippen LogP contribution in [0.2, 0.25) is 0 Å². The molecule has 1 aromatic rings. The molecule has 6 heteroatoms. The van der Waals surface area contributed by atoms with E-state index in [9.17, 15) is 14.0 Å². The van der Waals surface area contributed by atoms with E-state index < -0.39 is 17.9 Å². The molecule has 1 fully saturated rings. The van der Waals surface area contributed by atoms with Crippen LogP contribution in [0.5, 0.6) is 0 Å². The summed E-state index contributed by atoms with van der Waals surface area (Å²) >= 11 is 1.87. The number of hydrogen-bond donors (Lipinski definition) is 0. The summed E-state index contributed by atoms with van der Waals surface area (Å²) in [6.45, 7) is 1.85. The summed E-state index contributed by atoms with van der Waals surface area (Å²) < 4.78 is 15.5. The van der Waals surface area contributed by atoms with Crippen molar-refractivity contribution in [3.63, 3.8) is 0 Å². The molecule has 0 aliphatic carbocycles. The average molecular weight is 372 g/mol. The van der Waals surface area contributed by atoms with Crippen LogP contribution in [0.1, 0.15) is 6.92 Å². The number of anilines is 1. The number of carbonyl (C=O) groups is 2. The van der Waals surface area contributed by atoms with Crippen LogP contribution in [-0.2, 0) is 4.79 Å². The first-order chi connectivity index (χ1) is 9.06. The van der Waals surface area contributed by atoms with Crippen LogP contribution in [0.4, 0.5) is 14.9 Å². The Bertz CT molecular complexity index is 577. The van der Waals surface area contributed by atoms with Crippen LogP contribution in [0.25, 0.3) is 0 Å². The van der Waals surface area contributed by atoms with Crippen molar-refractivity contribution < 1.29 is 14.0 Å². The highest BCUT2D eigenvalue weighted by Crippen LogP contribution is 2.24. The standard InChI is InChI=1S/C13H10FIN2O2/c1-9-12(18)17(11-5-3-10(14)4-6-11)13(19)16(9)8-2-7-15/h3-6,9H,8H2,1H3. The van der Waals surface area contributed by atoms with E-state index in [-0.39, 0.29) is 12.5 Å². The molecule has 19 heavy (non-hydrogen) atoms. The van der Waals surface area contributed by atoms with Gasteiger partial charge < -0.3 is 4.90 Å². The van der Waals surface area contributed by atoms with E-state index in [4.69, 9.17) is 0 Å². The molecule has 1 aliphatic rings. The quantitative estimate of drug-likeness (QED) is 0.455. The molecule has 0 aromatic heterocycles. The van der Waals surface area contributed by atoms with Gasteiger partial charge in [0.1, 0.15) is 11.9 Å². The summed E-state index contributed by atoms with van der Waals surface area (Å²) in [6, 6.07) is 4.26. The number of nitrogens with zero attached hydrogens (tertiary/aromatic N) is 2. The summed E-state index contributed by atoms with van der Waals surface area (Å²) in [6.07, 6.45) is 0. The van der Waals surface area contributed by atoms with Gasteiger partial charge in [-0.05, 0) is 35.1 Å². The Hall–Kier alpha value is -1.62. The van der Waals surface area contributed by atoms with Crippen LogP contribution in [0, 0.1) is 15.7 Å². The number of rotatable bonds is 2. The fourth-order valence-corrected chi connectivity index (χ4v) is 2.03. The Kier molecular flexibility index (Phi) is 4.04. The van der Waals surface area contributed by atoms with Gasteiger partial charge in [-0.15, -0.1) is 0 Å². The Balaban J connectivity index is 2.31. The highest BCUT2D eigenvalue weighted by atomic mass is 127. The van der Waals surface area contributed by atoms with Crippen molar-refractivity contribution in [2.45, 2.75) is 13.0 Å². The molecule has 1 aromatic carbocycles. The SMILES string of the molecule is CC1C(=O)N(c2ccc(F)cc2)C(=O)N1CC#CI. The predicted octanol–water partition coefficient (Wildman–Crippen LogP) is 2.38. The minimum Gasteiger partial charge on any atom is -0.301 e. The Morgan fingerprint density at radius 3 is 2.53 bits per heavy atom. The van der Waals surface area contributed by atoms with Crippen LogP contribution in [-0.4, -0.2) is 29.4 Å². The molecule has 1 aliphatic heterocycles. The highest BCUT2D eigenvalue weighted by Gasteiger charge is 2.42. The molecule has 98 valence electrons. The molecular weight excluding hydrogens is 362 g/mol. The maximum absolute atomic E-state index is 12.9. The molecule has 1 unspecified atom stereocenters. The average Bonchev–Trinajstić information content (AvgIpc) is 2.60. The first-order valence-corrected chi connectivity index (χ1v) is 6.62. The van der Waals surface area contributed by atoms with E-state index in [1.54, 1.807) is 6.92 Å². The molecule has 4 nitrogen and oxygen atoms in total.